The molecule has 0 aliphatic carbocycles. The van der Waals surface area contributed by atoms with Gasteiger partial charge in [0.25, 0.3) is 11.8 Å². The number of carbonyl (C=O) groups is 2. The average Bonchev–Trinajstić information content (AvgIpc) is 2.75. The molecule has 3 rings (SSSR count). The number of amides is 2. The molecule has 6 nitrogen and oxygen atoms in total. The maximum Gasteiger partial charge on any atom is 0.266 e. The van der Waals surface area contributed by atoms with Crippen LogP contribution in [0.3, 0.4) is 0 Å². The molecular formula is C23H24N4O2. The SMILES string of the molecule is N#C/C(=C/NC(=O)c1ccccc1N)C(=O)N1CCC(Cc2ccccc2)CC1. The van der Waals surface area contributed by atoms with Crippen LogP contribution in [0, 0.1) is 17.2 Å². The monoisotopic (exact) mass is 388 g/mol. The number of hydrogen-bond donors (Lipinski definition) is 2. The van der Waals surface area contributed by atoms with E-state index in [2.05, 4.69) is 17.4 Å². The lowest BCUT2D eigenvalue weighted by molar-refractivity contribution is -0.128. The summed E-state index contributed by atoms with van der Waals surface area (Å²) >= 11 is 0. The van der Waals surface area contributed by atoms with E-state index in [1.54, 1.807) is 29.2 Å². The van der Waals surface area contributed by atoms with Gasteiger partial charge in [0.2, 0.25) is 0 Å². The van der Waals surface area contributed by atoms with Gasteiger partial charge in [-0.3, -0.25) is 9.59 Å². The average molecular weight is 388 g/mol. The maximum absolute atomic E-state index is 12.7. The van der Waals surface area contributed by atoms with E-state index in [9.17, 15) is 14.9 Å². The third-order valence-corrected chi connectivity index (χ3v) is 5.17. The Kier molecular flexibility index (Phi) is 6.64. The summed E-state index contributed by atoms with van der Waals surface area (Å²) in [6, 6.07) is 18.9. The van der Waals surface area contributed by atoms with Crippen LogP contribution in [0.25, 0.3) is 0 Å². The van der Waals surface area contributed by atoms with E-state index in [1.165, 1.54) is 11.8 Å². The predicted molar refractivity (Wildman–Crippen MR) is 111 cm³/mol. The zero-order valence-electron chi connectivity index (χ0n) is 16.2. The number of piperidine rings is 1. The first-order valence-electron chi connectivity index (χ1n) is 9.67. The smallest absolute Gasteiger partial charge is 0.266 e. The van der Waals surface area contributed by atoms with Gasteiger partial charge in [-0.1, -0.05) is 42.5 Å². The standard InChI is InChI=1S/C23H24N4O2/c24-15-19(16-26-22(28)20-8-4-5-9-21(20)25)23(29)27-12-10-18(11-13-27)14-17-6-2-1-3-7-17/h1-9,16,18H,10-14,25H2,(H,26,28)/b19-16-. The number of anilines is 1. The molecule has 1 aliphatic rings. The molecule has 0 aromatic heterocycles. The second kappa shape index (κ2) is 9.56. The molecule has 0 unspecified atom stereocenters. The molecule has 1 heterocycles. The van der Waals surface area contributed by atoms with Gasteiger partial charge < -0.3 is 16.0 Å². The third kappa shape index (κ3) is 5.23. The highest BCUT2D eigenvalue weighted by Crippen LogP contribution is 2.22. The molecule has 29 heavy (non-hydrogen) atoms. The number of likely N-dealkylation sites (tertiary alicyclic amines) is 1. The van der Waals surface area contributed by atoms with E-state index >= 15 is 0 Å². The number of benzene rings is 2. The lowest BCUT2D eigenvalue weighted by atomic mass is 9.90. The number of nitrogens with two attached hydrogens (primary N) is 1. The van der Waals surface area contributed by atoms with Crippen molar-refractivity contribution in [2.45, 2.75) is 19.3 Å². The van der Waals surface area contributed by atoms with Gasteiger partial charge in [-0.2, -0.15) is 5.26 Å². The Morgan fingerprint density at radius 1 is 1.10 bits per heavy atom. The molecule has 1 saturated heterocycles. The molecule has 3 N–H and O–H groups in total. The van der Waals surface area contributed by atoms with Gasteiger partial charge in [-0.05, 0) is 42.9 Å². The van der Waals surface area contributed by atoms with Crippen LogP contribution in [0.15, 0.2) is 66.4 Å². The molecule has 0 bridgehead atoms. The molecular weight excluding hydrogens is 364 g/mol. The third-order valence-electron chi connectivity index (χ3n) is 5.17. The van der Waals surface area contributed by atoms with Gasteiger partial charge in [0.15, 0.2) is 0 Å². The minimum absolute atomic E-state index is 0.0886. The lowest BCUT2D eigenvalue weighted by Crippen LogP contribution is -2.39. The number of nitrogen functional groups attached to an aromatic ring is 1. The van der Waals surface area contributed by atoms with Crippen LogP contribution in [-0.2, 0) is 11.2 Å². The minimum atomic E-state index is -0.454. The quantitative estimate of drug-likeness (QED) is 0.467. The van der Waals surface area contributed by atoms with Gasteiger partial charge in [0, 0.05) is 25.0 Å². The van der Waals surface area contributed by atoms with Gasteiger partial charge in [0.05, 0.1) is 5.56 Å². The Labute approximate surface area is 170 Å². The Hall–Kier alpha value is -3.59. The zero-order valence-corrected chi connectivity index (χ0v) is 16.2. The molecule has 0 radical (unpaired) electrons. The fourth-order valence-corrected chi connectivity index (χ4v) is 3.52. The minimum Gasteiger partial charge on any atom is -0.398 e. The first-order valence-corrected chi connectivity index (χ1v) is 9.67. The summed E-state index contributed by atoms with van der Waals surface area (Å²) in [7, 11) is 0. The van der Waals surface area contributed by atoms with Crippen LogP contribution in [0.2, 0.25) is 0 Å². The largest absolute Gasteiger partial charge is 0.398 e. The molecule has 0 atom stereocenters. The molecule has 0 spiro atoms. The van der Waals surface area contributed by atoms with Crippen LogP contribution >= 0.6 is 0 Å². The molecule has 2 amide bonds. The van der Waals surface area contributed by atoms with E-state index in [0.29, 0.717) is 30.3 Å². The van der Waals surface area contributed by atoms with Crippen molar-refractivity contribution in [2.24, 2.45) is 5.92 Å². The second-order valence-electron chi connectivity index (χ2n) is 7.16. The summed E-state index contributed by atoms with van der Waals surface area (Å²) in [6.07, 6.45) is 3.96. The number of rotatable bonds is 5. The Balaban J connectivity index is 1.56. The van der Waals surface area contributed by atoms with Crippen molar-refractivity contribution in [3.8, 4) is 6.07 Å². The summed E-state index contributed by atoms with van der Waals surface area (Å²) in [5.74, 6) is -0.283. The van der Waals surface area contributed by atoms with Gasteiger partial charge in [0.1, 0.15) is 11.6 Å². The van der Waals surface area contributed by atoms with Crippen molar-refractivity contribution < 1.29 is 9.59 Å². The number of carbonyl (C=O) groups excluding carboxylic acids is 2. The van der Waals surface area contributed by atoms with E-state index in [0.717, 1.165) is 19.3 Å². The Bertz CT molecular complexity index is 939. The predicted octanol–water partition coefficient (Wildman–Crippen LogP) is 2.89. The van der Waals surface area contributed by atoms with Crippen molar-refractivity contribution in [1.82, 2.24) is 10.2 Å². The first-order chi connectivity index (χ1) is 14.1. The van der Waals surface area contributed by atoms with Crippen LogP contribution in [0.1, 0.15) is 28.8 Å². The molecule has 1 aliphatic heterocycles. The molecule has 2 aromatic rings. The van der Waals surface area contributed by atoms with Crippen LogP contribution in [0.4, 0.5) is 5.69 Å². The van der Waals surface area contributed by atoms with Crippen molar-refractivity contribution in [3.63, 3.8) is 0 Å². The van der Waals surface area contributed by atoms with Crippen LogP contribution in [-0.4, -0.2) is 29.8 Å². The maximum atomic E-state index is 12.7. The molecule has 2 aromatic carbocycles. The zero-order chi connectivity index (χ0) is 20.6. The number of para-hydroxylation sites is 1. The number of nitriles is 1. The van der Waals surface area contributed by atoms with Crippen molar-refractivity contribution in [1.29, 1.82) is 5.26 Å². The van der Waals surface area contributed by atoms with Crippen LogP contribution in [0.5, 0.6) is 0 Å². The fraction of sp³-hybridized carbons (Fsp3) is 0.261. The van der Waals surface area contributed by atoms with Crippen molar-refractivity contribution in [2.75, 3.05) is 18.8 Å². The Morgan fingerprint density at radius 3 is 2.41 bits per heavy atom. The molecule has 6 heteroatoms. The summed E-state index contributed by atoms with van der Waals surface area (Å²) in [5.41, 5.74) is 7.64. The summed E-state index contributed by atoms with van der Waals surface area (Å²) in [5, 5.41) is 11.9. The van der Waals surface area contributed by atoms with E-state index in [-0.39, 0.29) is 11.5 Å². The lowest BCUT2D eigenvalue weighted by Gasteiger charge is -2.32. The van der Waals surface area contributed by atoms with E-state index < -0.39 is 5.91 Å². The summed E-state index contributed by atoms with van der Waals surface area (Å²) in [4.78, 5) is 26.6. The topological polar surface area (TPSA) is 99.2 Å². The van der Waals surface area contributed by atoms with Gasteiger partial charge >= 0.3 is 0 Å². The van der Waals surface area contributed by atoms with Gasteiger partial charge in [-0.15, -0.1) is 0 Å². The van der Waals surface area contributed by atoms with Crippen LogP contribution < -0.4 is 11.1 Å². The normalized spacial score (nSPS) is 14.9. The fourth-order valence-electron chi connectivity index (χ4n) is 3.52. The highest BCUT2D eigenvalue weighted by molar-refractivity contribution is 6.01. The highest BCUT2D eigenvalue weighted by Gasteiger charge is 2.25. The number of nitrogens with one attached hydrogen (secondary N) is 1. The highest BCUT2D eigenvalue weighted by atomic mass is 16.2. The molecule has 148 valence electrons. The first kappa shape index (κ1) is 20.2. The number of hydrogen-bond acceptors (Lipinski definition) is 4. The number of nitrogens with zero attached hydrogens (tertiary/aromatic N) is 2. The molecule has 1 fully saturated rings. The second-order valence-corrected chi connectivity index (χ2v) is 7.16. The summed E-state index contributed by atoms with van der Waals surface area (Å²) in [6.45, 7) is 1.21. The Morgan fingerprint density at radius 2 is 1.76 bits per heavy atom. The van der Waals surface area contributed by atoms with Crippen molar-refractivity contribution in [3.05, 3.63) is 77.5 Å². The molecule has 0 saturated carbocycles. The van der Waals surface area contributed by atoms with E-state index in [4.69, 9.17) is 5.73 Å². The summed E-state index contributed by atoms with van der Waals surface area (Å²) < 4.78 is 0. The van der Waals surface area contributed by atoms with Crippen molar-refractivity contribution >= 4 is 17.5 Å². The van der Waals surface area contributed by atoms with E-state index in [1.807, 2.05) is 24.3 Å². The van der Waals surface area contributed by atoms with Gasteiger partial charge in [-0.25, -0.2) is 0 Å².